The molecular formula is C21H20ClN3O5. The Morgan fingerprint density at radius 2 is 2.00 bits per heavy atom. The van der Waals surface area contributed by atoms with E-state index in [1.54, 1.807) is 44.2 Å². The molecule has 2 aromatic carbocycles. The molecule has 2 aromatic rings. The van der Waals surface area contributed by atoms with Crippen molar-refractivity contribution in [3.63, 3.8) is 0 Å². The van der Waals surface area contributed by atoms with Crippen molar-refractivity contribution < 1.29 is 23.9 Å². The molecule has 156 valence electrons. The molecule has 0 aliphatic carbocycles. The fourth-order valence-corrected chi connectivity index (χ4v) is 3.72. The number of imide groups is 1. The largest absolute Gasteiger partial charge is 0.454 e. The van der Waals surface area contributed by atoms with Gasteiger partial charge in [0.15, 0.2) is 11.5 Å². The molecule has 8 nitrogen and oxygen atoms in total. The molecule has 30 heavy (non-hydrogen) atoms. The van der Waals surface area contributed by atoms with Gasteiger partial charge in [-0.3, -0.25) is 14.5 Å². The van der Waals surface area contributed by atoms with Crippen LogP contribution < -0.4 is 20.1 Å². The van der Waals surface area contributed by atoms with E-state index in [4.69, 9.17) is 21.1 Å². The van der Waals surface area contributed by atoms with Crippen LogP contribution in [0.4, 0.5) is 10.5 Å². The molecule has 1 atom stereocenters. The van der Waals surface area contributed by atoms with E-state index in [9.17, 15) is 14.4 Å². The van der Waals surface area contributed by atoms with Gasteiger partial charge in [-0.25, -0.2) is 4.79 Å². The minimum absolute atomic E-state index is 0.153. The second-order valence-corrected chi connectivity index (χ2v) is 7.89. The first-order chi connectivity index (χ1) is 14.3. The van der Waals surface area contributed by atoms with Gasteiger partial charge in [-0.2, -0.15) is 0 Å². The molecule has 2 aliphatic heterocycles. The van der Waals surface area contributed by atoms with Crippen molar-refractivity contribution in [2.24, 2.45) is 0 Å². The van der Waals surface area contributed by atoms with Gasteiger partial charge in [0.25, 0.3) is 5.91 Å². The van der Waals surface area contributed by atoms with E-state index in [2.05, 4.69) is 10.6 Å². The summed E-state index contributed by atoms with van der Waals surface area (Å²) in [6.45, 7) is 3.17. The lowest BCUT2D eigenvalue weighted by Crippen LogP contribution is -2.46. The number of rotatable bonds is 5. The quantitative estimate of drug-likeness (QED) is 0.712. The lowest BCUT2D eigenvalue weighted by molar-refractivity contribution is -0.133. The standard InChI is InChI=1S/C21H20ClN3O5/c1-12-14(22)4-3-5-15(12)23-18(26)10-25-19(27)21(2,24-20(25)28)9-13-6-7-16-17(8-13)30-11-29-16/h3-8H,9-11H2,1-2H3,(H,23,26)(H,24,28)/t21-/m1/s1. The number of urea groups is 1. The molecule has 2 heterocycles. The molecule has 2 N–H and O–H groups in total. The predicted octanol–water partition coefficient (Wildman–Crippen LogP) is 2.87. The smallest absolute Gasteiger partial charge is 0.325 e. The normalized spacial score (nSPS) is 19.8. The highest BCUT2D eigenvalue weighted by atomic mass is 35.5. The first-order valence-electron chi connectivity index (χ1n) is 9.34. The third-order valence-electron chi connectivity index (χ3n) is 5.18. The third kappa shape index (κ3) is 3.66. The van der Waals surface area contributed by atoms with Gasteiger partial charge < -0.3 is 20.1 Å². The summed E-state index contributed by atoms with van der Waals surface area (Å²) in [5.74, 6) is 0.278. The van der Waals surface area contributed by atoms with Gasteiger partial charge in [0.05, 0.1) is 0 Å². The highest BCUT2D eigenvalue weighted by molar-refractivity contribution is 6.31. The van der Waals surface area contributed by atoms with E-state index in [1.807, 2.05) is 6.07 Å². The Balaban J connectivity index is 1.45. The lowest BCUT2D eigenvalue weighted by atomic mass is 9.92. The van der Waals surface area contributed by atoms with Crippen LogP contribution in [0.3, 0.4) is 0 Å². The maximum atomic E-state index is 13.0. The van der Waals surface area contributed by atoms with Crippen molar-refractivity contribution in [2.45, 2.75) is 25.8 Å². The van der Waals surface area contributed by atoms with E-state index >= 15 is 0 Å². The molecule has 1 saturated heterocycles. The number of anilines is 1. The summed E-state index contributed by atoms with van der Waals surface area (Å²) in [4.78, 5) is 38.8. The summed E-state index contributed by atoms with van der Waals surface area (Å²) in [6.07, 6.45) is 0.250. The molecule has 0 radical (unpaired) electrons. The van der Waals surface area contributed by atoms with Gasteiger partial charge in [0, 0.05) is 17.1 Å². The second-order valence-electron chi connectivity index (χ2n) is 7.48. The van der Waals surface area contributed by atoms with Crippen LogP contribution in [0.5, 0.6) is 11.5 Å². The van der Waals surface area contributed by atoms with Crippen LogP contribution in [0.25, 0.3) is 0 Å². The molecule has 2 aliphatic rings. The number of halogens is 1. The molecule has 1 fully saturated rings. The van der Waals surface area contributed by atoms with Crippen molar-refractivity contribution in [3.8, 4) is 11.5 Å². The van der Waals surface area contributed by atoms with Crippen LogP contribution in [-0.4, -0.2) is 41.6 Å². The van der Waals surface area contributed by atoms with Crippen LogP contribution in [-0.2, 0) is 16.0 Å². The summed E-state index contributed by atoms with van der Waals surface area (Å²) >= 11 is 6.07. The van der Waals surface area contributed by atoms with Crippen molar-refractivity contribution >= 4 is 35.1 Å². The third-order valence-corrected chi connectivity index (χ3v) is 5.59. The molecule has 0 aromatic heterocycles. The van der Waals surface area contributed by atoms with E-state index in [0.29, 0.717) is 27.8 Å². The number of benzene rings is 2. The number of nitrogens with zero attached hydrogens (tertiary/aromatic N) is 1. The second kappa shape index (κ2) is 7.53. The maximum absolute atomic E-state index is 13.0. The van der Waals surface area contributed by atoms with E-state index in [0.717, 1.165) is 10.5 Å². The monoisotopic (exact) mass is 429 g/mol. The molecule has 0 spiro atoms. The Bertz CT molecular complexity index is 1060. The minimum atomic E-state index is -1.17. The molecular weight excluding hydrogens is 410 g/mol. The SMILES string of the molecule is Cc1c(Cl)cccc1NC(=O)CN1C(=O)N[C@](C)(Cc2ccc3c(c2)OCO3)C1=O. The fourth-order valence-electron chi connectivity index (χ4n) is 3.55. The number of amides is 4. The number of hydrogen-bond acceptors (Lipinski definition) is 5. The Morgan fingerprint density at radius 3 is 2.80 bits per heavy atom. The van der Waals surface area contributed by atoms with Crippen LogP contribution in [0.1, 0.15) is 18.1 Å². The number of nitrogens with one attached hydrogen (secondary N) is 2. The first-order valence-corrected chi connectivity index (χ1v) is 9.72. The zero-order valence-electron chi connectivity index (χ0n) is 16.5. The number of hydrogen-bond donors (Lipinski definition) is 2. The minimum Gasteiger partial charge on any atom is -0.454 e. The number of fused-ring (bicyclic) bond motifs is 1. The molecule has 0 saturated carbocycles. The summed E-state index contributed by atoms with van der Waals surface area (Å²) in [5.41, 5.74) is 0.869. The number of carbonyl (C=O) groups is 3. The average molecular weight is 430 g/mol. The Kier molecular flexibility index (Phi) is 5.03. The summed E-state index contributed by atoms with van der Waals surface area (Å²) in [6, 6.07) is 9.88. The van der Waals surface area contributed by atoms with Gasteiger partial charge in [0.1, 0.15) is 12.1 Å². The first kappa shape index (κ1) is 20.0. The van der Waals surface area contributed by atoms with Gasteiger partial charge in [-0.05, 0) is 49.2 Å². The zero-order valence-corrected chi connectivity index (χ0v) is 17.2. The van der Waals surface area contributed by atoms with Gasteiger partial charge in [-0.1, -0.05) is 23.7 Å². The number of ether oxygens (including phenoxy) is 2. The molecule has 0 unspecified atom stereocenters. The average Bonchev–Trinajstić information content (AvgIpc) is 3.23. The number of carbonyl (C=O) groups excluding carboxylic acids is 3. The van der Waals surface area contributed by atoms with Crippen LogP contribution in [0.2, 0.25) is 5.02 Å². The predicted molar refractivity (Wildman–Crippen MR) is 110 cm³/mol. The fraction of sp³-hybridized carbons (Fsp3) is 0.286. The topological polar surface area (TPSA) is 97.0 Å². The Hall–Kier alpha value is -3.26. The van der Waals surface area contributed by atoms with E-state index in [1.165, 1.54) is 0 Å². The zero-order chi connectivity index (χ0) is 21.5. The van der Waals surface area contributed by atoms with Gasteiger partial charge in [0.2, 0.25) is 12.7 Å². The van der Waals surface area contributed by atoms with Gasteiger partial charge >= 0.3 is 6.03 Å². The molecule has 4 amide bonds. The van der Waals surface area contributed by atoms with Crippen LogP contribution >= 0.6 is 11.6 Å². The van der Waals surface area contributed by atoms with Crippen molar-refractivity contribution in [1.82, 2.24) is 10.2 Å². The van der Waals surface area contributed by atoms with Crippen LogP contribution in [0.15, 0.2) is 36.4 Å². The van der Waals surface area contributed by atoms with Crippen molar-refractivity contribution in [2.75, 3.05) is 18.7 Å². The van der Waals surface area contributed by atoms with Crippen LogP contribution in [0, 0.1) is 6.92 Å². The Labute approximate surface area is 178 Å². The summed E-state index contributed by atoms with van der Waals surface area (Å²) in [7, 11) is 0. The maximum Gasteiger partial charge on any atom is 0.325 e. The molecule has 9 heteroatoms. The highest BCUT2D eigenvalue weighted by Crippen LogP contribution is 2.34. The van der Waals surface area contributed by atoms with Gasteiger partial charge in [-0.15, -0.1) is 0 Å². The highest BCUT2D eigenvalue weighted by Gasteiger charge is 2.48. The Morgan fingerprint density at radius 1 is 1.23 bits per heavy atom. The molecule has 4 rings (SSSR count). The van der Waals surface area contributed by atoms with E-state index < -0.39 is 29.9 Å². The summed E-state index contributed by atoms with van der Waals surface area (Å²) < 4.78 is 10.7. The van der Waals surface area contributed by atoms with Crippen molar-refractivity contribution in [3.05, 3.63) is 52.5 Å². The van der Waals surface area contributed by atoms with E-state index in [-0.39, 0.29) is 13.2 Å². The van der Waals surface area contributed by atoms with Crippen molar-refractivity contribution in [1.29, 1.82) is 0 Å². The lowest BCUT2D eigenvalue weighted by Gasteiger charge is -2.22. The summed E-state index contributed by atoms with van der Waals surface area (Å²) in [5, 5.41) is 5.91. The molecule has 0 bridgehead atoms.